The third kappa shape index (κ3) is 4.72. The van der Waals surface area contributed by atoms with Crippen molar-refractivity contribution < 1.29 is 9.53 Å². The van der Waals surface area contributed by atoms with Gasteiger partial charge in [-0.05, 0) is 70.8 Å². The zero-order valence-electron chi connectivity index (χ0n) is 21.6. The van der Waals surface area contributed by atoms with Crippen LogP contribution in [0.2, 0.25) is 0 Å². The molecule has 0 saturated carbocycles. The summed E-state index contributed by atoms with van der Waals surface area (Å²) in [5.41, 5.74) is 4.51. The molecule has 0 spiro atoms. The largest absolute Gasteiger partial charge is 0.497 e. The molecule has 1 atom stereocenters. The Morgan fingerprint density at radius 3 is 2.67 bits per heavy atom. The van der Waals surface area contributed by atoms with Gasteiger partial charge in [0.1, 0.15) is 11.8 Å². The van der Waals surface area contributed by atoms with E-state index >= 15 is 0 Å². The van der Waals surface area contributed by atoms with Gasteiger partial charge in [-0.1, -0.05) is 35.9 Å². The van der Waals surface area contributed by atoms with Crippen molar-refractivity contribution in [2.45, 2.75) is 25.9 Å². The Morgan fingerprint density at radius 1 is 1.03 bits per heavy atom. The zero-order valence-corrected chi connectivity index (χ0v) is 21.6. The van der Waals surface area contributed by atoms with Crippen molar-refractivity contribution in [2.24, 2.45) is 0 Å². The van der Waals surface area contributed by atoms with Crippen molar-refractivity contribution in [1.29, 1.82) is 0 Å². The molecule has 6 rings (SSSR count). The molecule has 1 amide bonds. The molecular weight excluding hydrogens is 494 g/mol. The van der Waals surface area contributed by atoms with Gasteiger partial charge in [0.2, 0.25) is 5.91 Å². The lowest BCUT2D eigenvalue weighted by atomic mass is 10.0. The standard InChI is InChI=1S/C29H27N7O3/c1-18-7-12-23-20(15-18)16-22(29(38)31-23)27(35-14-13-26(37)30-24-5-3-4-6-25(24)35)28-32-33-34-36(28)17-19-8-10-21(39-2)11-9-19/h3-12,15-16,27H,13-14,17H2,1-2H3,(H,30,37)(H,31,38). The molecule has 10 nitrogen and oxygen atoms in total. The zero-order chi connectivity index (χ0) is 26.9. The molecule has 0 aliphatic carbocycles. The summed E-state index contributed by atoms with van der Waals surface area (Å²) in [5.74, 6) is 1.15. The van der Waals surface area contributed by atoms with Crippen LogP contribution in [0, 0.1) is 6.92 Å². The van der Waals surface area contributed by atoms with E-state index in [2.05, 4.69) is 25.8 Å². The van der Waals surface area contributed by atoms with E-state index in [9.17, 15) is 9.59 Å². The minimum Gasteiger partial charge on any atom is -0.497 e. The summed E-state index contributed by atoms with van der Waals surface area (Å²) in [6, 6.07) is 22.4. The molecule has 5 aromatic rings. The van der Waals surface area contributed by atoms with Crippen molar-refractivity contribution in [2.75, 3.05) is 23.9 Å². The van der Waals surface area contributed by atoms with E-state index < -0.39 is 6.04 Å². The Morgan fingerprint density at radius 2 is 1.85 bits per heavy atom. The van der Waals surface area contributed by atoms with Crippen LogP contribution in [0.25, 0.3) is 10.9 Å². The monoisotopic (exact) mass is 521 g/mol. The summed E-state index contributed by atoms with van der Waals surface area (Å²) in [6.07, 6.45) is 0.246. The number of nitrogens with one attached hydrogen (secondary N) is 2. The topological polar surface area (TPSA) is 118 Å². The van der Waals surface area contributed by atoms with Crippen molar-refractivity contribution in [3.8, 4) is 5.75 Å². The molecule has 1 aliphatic heterocycles. The number of rotatable bonds is 6. The quantitative estimate of drug-likeness (QED) is 0.349. The van der Waals surface area contributed by atoms with E-state index in [0.717, 1.165) is 33.5 Å². The van der Waals surface area contributed by atoms with Gasteiger partial charge in [0, 0.05) is 24.0 Å². The van der Waals surface area contributed by atoms with Crippen LogP contribution < -0.4 is 20.5 Å². The van der Waals surface area contributed by atoms with Gasteiger partial charge in [-0.2, -0.15) is 0 Å². The first-order chi connectivity index (χ1) is 19.0. The lowest BCUT2D eigenvalue weighted by Crippen LogP contribution is -2.36. The SMILES string of the molecule is COc1ccc(Cn2nnnc2C(c2cc3cc(C)ccc3[nH]c2=O)N2CCC(=O)Nc3ccccc32)cc1. The third-order valence-electron chi connectivity index (χ3n) is 7.00. The number of pyridine rings is 1. The van der Waals surface area contributed by atoms with Gasteiger partial charge in [-0.15, -0.1) is 5.10 Å². The van der Waals surface area contributed by atoms with E-state index in [0.29, 0.717) is 30.2 Å². The summed E-state index contributed by atoms with van der Waals surface area (Å²) in [5, 5.41) is 16.6. The predicted molar refractivity (Wildman–Crippen MR) is 148 cm³/mol. The predicted octanol–water partition coefficient (Wildman–Crippen LogP) is 3.82. The molecular formula is C29H27N7O3. The molecule has 0 radical (unpaired) electrons. The van der Waals surface area contributed by atoms with Gasteiger partial charge in [-0.3, -0.25) is 9.59 Å². The molecule has 0 saturated heterocycles. The Bertz CT molecular complexity index is 1730. The number of carbonyl (C=O) groups is 1. The molecule has 0 bridgehead atoms. The molecule has 2 N–H and O–H groups in total. The fraction of sp³-hybridized carbons (Fsp3) is 0.207. The first-order valence-corrected chi connectivity index (χ1v) is 12.7. The molecule has 196 valence electrons. The van der Waals surface area contributed by atoms with E-state index in [1.807, 2.05) is 84.6 Å². The maximum Gasteiger partial charge on any atom is 0.254 e. The first kappa shape index (κ1) is 24.4. The smallest absolute Gasteiger partial charge is 0.254 e. The maximum absolute atomic E-state index is 13.6. The Hall–Kier alpha value is -4.99. The third-order valence-corrected chi connectivity index (χ3v) is 7.00. The number of benzene rings is 3. The number of tetrazole rings is 1. The average Bonchev–Trinajstić information content (AvgIpc) is 3.32. The summed E-state index contributed by atoms with van der Waals surface area (Å²) in [6.45, 7) is 2.77. The van der Waals surface area contributed by atoms with Crippen LogP contribution in [0.5, 0.6) is 5.75 Å². The van der Waals surface area contributed by atoms with Crippen LogP contribution in [0.1, 0.15) is 35.0 Å². The lowest BCUT2D eigenvalue weighted by molar-refractivity contribution is -0.116. The minimum atomic E-state index is -0.666. The van der Waals surface area contributed by atoms with Crippen LogP contribution in [0.4, 0.5) is 11.4 Å². The molecule has 39 heavy (non-hydrogen) atoms. The number of methoxy groups -OCH3 is 1. The van der Waals surface area contributed by atoms with Crippen molar-refractivity contribution >= 4 is 28.2 Å². The van der Waals surface area contributed by atoms with Gasteiger partial charge in [0.25, 0.3) is 5.56 Å². The van der Waals surface area contributed by atoms with Gasteiger partial charge in [0.05, 0.1) is 25.0 Å². The number of aryl methyl sites for hydroxylation is 1. The molecule has 1 unspecified atom stereocenters. The van der Waals surface area contributed by atoms with Crippen LogP contribution in [0.3, 0.4) is 0 Å². The molecule has 0 fully saturated rings. The van der Waals surface area contributed by atoms with Crippen molar-refractivity contribution in [3.63, 3.8) is 0 Å². The first-order valence-electron chi connectivity index (χ1n) is 12.7. The number of anilines is 2. The van der Waals surface area contributed by atoms with E-state index in [-0.39, 0.29) is 17.9 Å². The molecule has 3 heterocycles. The molecule has 10 heteroatoms. The average molecular weight is 522 g/mol. The van der Waals surface area contributed by atoms with Crippen molar-refractivity contribution in [3.05, 3.63) is 106 Å². The highest BCUT2D eigenvalue weighted by Crippen LogP contribution is 2.37. The second kappa shape index (κ2) is 10.1. The second-order valence-corrected chi connectivity index (χ2v) is 9.60. The number of H-pyrrole nitrogens is 1. The van der Waals surface area contributed by atoms with Crippen LogP contribution in [-0.4, -0.2) is 44.8 Å². The summed E-state index contributed by atoms with van der Waals surface area (Å²) < 4.78 is 6.99. The number of para-hydroxylation sites is 2. The number of ether oxygens (including phenoxy) is 1. The molecule has 1 aliphatic rings. The number of aromatic nitrogens is 5. The Kier molecular flexibility index (Phi) is 6.28. The number of amides is 1. The van der Waals surface area contributed by atoms with E-state index in [1.165, 1.54) is 0 Å². The highest BCUT2D eigenvalue weighted by Gasteiger charge is 2.33. The molecule has 3 aromatic carbocycles. The normalized spacial score (nSPS) is 14.0. The fourth-order valence-corrected chi connectivity index (χ4v) is 5.07. The van der Waals surface area contributed by atoms with Gasteiger partial charge in [-0.25, -0.2) is 4.68 Å². The summed E-state index contributed by atoms with van der Waals surface area (Å²) >= 11 is 0. The number of hydrogen-bond acceptors (Lipinski definition) is 7. The number of fused-ring (bicyclic) bond motifs is 2. The number of hydrogen-bond donors (Lipinski definition) is 2. The minimum absolute atomic E-state index is 0.0930. The van der Waals surface area contributed by atoms with Crippen LogP contribution in [0.15, 0.2) is 77.6 Å². The van der Waals surface area contributed by atoms with Crippen LogP contribution >= 0.6 is 0 Å². The summed E-state index contributed by atoms with van der Waals surface area (Å²) in [4.78, 5) is 31.3. The van der Waals surface area contributed by atoms with E-state index in [4.69, 9.17) is 4.74 Å². The van der Waals surface area contributed by atoms with Gasteiger partial charge < -0.3 is 19.9 Å². The number of nitrogens with zero attached hydrogens (tertiary/aromatic N) is 5. The number of carbonyl (C=O) groups excluding carboxylic acids is 1. The van der Waals surface area contributed by atoms with Crippen molar-refractivity contribution in [1.82, 2.24) is 25.2 Å². The highest BCUT2D eigenvalue weighted by molar-refractivity contribution is 5.96. The fourth-order valence-electron chi connectivity index (χ4n) is 5.07. The molecule has 2 aromatic heterocycles. The lowest BCUT2D eigenvalue weighted by Gasteiger charge is -2.32. The number of aromatic amines is 1. The van der Waals surface area contributed by atoms with Crippen LogP contribution in [-0.2, 0) is 11.3 Å². The van der Waals surface area contributed by atoms with E-state index in [1.54, 1.807) is 11.8 Å². The second-order valence-electron chi connectivity index (χ2n) is 9.60. The maximum atomic E-state index is 13.6. The van der Waals surface area contributed by atoms with Gasteiger partial charge >= 0.3 is 0 Å². The Balaban J connectivity index is 1.53. The van der Waals surface area contributed by atoms with Gasteiger partial charge in [0.15, 0.2) is 5.82 Å². The summed E-state index contributed by atoms with van der Waals surface area (Å²) in [7, 11) is 1.63. The highest BCUT2D eigenvalue weighted by atomic mass is 16.5. The Labute approximate surface area is 224 Å².